The topological polar surface area (TPSA) is 100 Å². The second-order valence-electron chi connectivity index (χ2n) is 6.99. The van der Waals surface area contributed by atoms with Crippen molar-refractivity contribution in [1.29, 1.82) is 0 Å². The molecule has 0 aliphatic heterocycles. The Hall–Kier alpha value is -1.66. The molecule has 0 amide bonds. The summed E-state index contributed by atoms with van der Waals surface area (Å²) >= 11 is 0. The maximum atomic E-state index is 12.3. The molecule has 0 spiro atoms. The highest BCUT2D eigenvalue weighted by atomic mass is 127. The Morgan fingerprint density at radius 1 is 1.23 bits per heavy atom. The van der Waals surface area contributed by atoms with E-state index in [2.05, 4.69) is 39.3 Å². The van der Waals surface area contributed by atoms with Gasteiger partial charge in [0.25, 0.3) is 0 Å². The number of benzene rings is 1. The fraction of sp³-hybridized carbons (Fsp3) is 0.500. The van der Waals surface area contributed by atoms with Crippen LogP contribution in [0.5, 0.6) is 0 Å². The van der Waals surface area contributed by atoms with E-state index in [4.69, 9.17) is 0 Å². The number of aromatic nitrogens is 2. The molecule has 8 nitrogen and oxygen atoms in total. The summed E-state index contributed by atoms with van der Waals surface area (Å²) in [5.41, 5.74) is 3.43. The molecule has 0 bridgehead atoms. The van der Waals surface area contributed by atoms with Gasteiger partial charge in [0.05, 0.1) is 17.1 Å². The highest BCUT2D eigenvalue weighted by molar-refractivity contribution is 14.0. The number of hydrogen-bond donors (Lipinski definition) is 3. The number of halogens is 1. The zero-order valence-electron chi connectivity index (χ0n) is 18.3. The van der Waals surface area contributed by atoms with Crippen molar-refractivity contribution < 1.29 is 8.42 Å². The lowest BCUT2D eigenvalue weighted by atomic mass is 10.1. The zero-order chi connectivity index (χ0) is 21.4. The van der Waals surface area contributed by atoms with Crippen molar-refractivity contribution in [3.05, 3.63) is 47.3 Å². The van der Waals surface area contributed by atoms with Crippen LogP contribution in [-0.4, -0.2) is 49.8 Å². The van der Waals surface area contributed by atoms with E-state index in [1.54, 1.807) is 30.3 Å². The van der Waals surface area contributed by atoms with Gasteiger partial charge in [-0.2, -0.15) is 5.10 Å². The summed E-state index contributed by atoms with van der Waals surface area (Å²) in [5.74, 6) is 0.665. The van der Waals surface area contributed by atoms with E-state index in [-0.39, 0.29) is 41.5 Å². The molecule has 30 heavy (non-hydrogen) atoms. The minimum Gasteiger partial charge on any atom is -0.357 e. The average molecular weight is 548 g/mol. The number of rotatable bonds is 9. The molecule has 2 aromatic rings. The van der Waals surface area contributed by atoms with Gasteiger partial charge in [-0.25, -0.2) is 13.1 Å². The highest BCUT2D eigenvalue weighted by Crippen LogP contribution is 2.14. The second kappa shape index (κ2) is 12.3. The number of guanidine groups is 1. The van der Waals surface area contributed by atoms with Gasteiger partial charge in [0.1, 0.15) is 0 Å². The molecule has 1 atom stereocenters. The summed E-state index contributed by atoms with van der Waals surface area (Å²) in [6.07, 6.45) is 0.830. The average Bonchev–Trinajstić information content (AvgIpc) is 2.92. The molecule has 0 saturated carbocycles. The van der Waals surface area contributed by atoms with Gasteiger partial charge in [-0.3, -0.25) is 9.67 Å². The van der Waals surface area contributed by atoms with Crippen molar-refractivity contribution in [2.45, 2.75) is 45.1 Å². The maximum Gasteiger partial charge on any atom is 0.240 e. The highest BCUT2D eigenvalue weighted by Gasteiger charge is 2.14. The van der Waals surface area contributed by atoms with Crippen LogP contribution in [0.15, 0.2) is 40.2 Å². The minimum absolute atomic E-state index is 0. The van der Waals surface area contributed by atoms with Crippen molar-refractivity contribution in [2.24, 2.45) is 12.0 Å². The van der Waals surface area contributed by atoms with Crippen LogP contribution in [0, 0.1) is 13.8 Å². The normalized spacial score (nSPS) is 12.9. The van der Waals surface area contributed by atoms with Crippen LogP contribution in [0.4, 0.5) is 0 Å². The standard InChI is InChI=1S/C20H32N6O2S.HI/c1-6-21-20(24-15(2)14-19-16(3)25-26(5)17(19)4)22-12-13-23-29(27,28)18-10-8-7-9-11-18;/h7-11,15,23H,6,12-14H2,1-5H3,(H2,21,22,24);1H. The fourth-order valence-electron chi connectivity index (χ4n) is 3.05. The van der Waals surface area contributed by atoms with Gasteiger partial charge in [-0.1, -0.05) is 18.2 Å². The Kier molecular flexibility index (Phi) is 10.8. The molecule has 10 heteroatoms. The van der Waals surface area contributed by atoms with E-state index in [9.17, 15) is 8.42 Å². The van der Waals surface area contributed by atoms with Gasteiger partial charge >= 0.3 is 0 Å². The van der Waals surface area contributed by atoms with Gasteiger partial charge in [0.15, 0.2) is 5.96 Å². The first-order chi connectivity index (χ1) is 13.7. The molecule has 0 radical (unpaired) electrons. The third-order valence-corrected chi connectivity index (χ3v) is 6.10. The number of hydrogen-bond acceptors (Lipinski definition) is 4. The van der Waals surface area contributed by atoms with Crippen molar-refractivity contribution in [3.63, 3.8) is 0 Å². The summed E-state index contributed by atoms with van der Waals surface area (Å²) in [6, 6.07) is 8.48. The Balaban J connectivity index is 0.00000450. The van der Waals surface area contributed by atoms with Crippen LogP contribution in [-0.2, 0) is 23.5 Å². The van der Waals surface area contributed by atoms with E-state index in [1.807, 2.05) is 25.6 Å². The SMILES string of the molecule is CCNC(=NCCNS(=O)(=O)c1ccccc1)NC(C)Cc1c(C)nn(C)c1C.I. The zero-order valence-corrected chi connectivity index (χ0v) is 21.4. The van der Waals surface area contributed by atoms with E-state index in [0.717, 1.165) is 24.4 Å². The van der Waals surface area contributed by atoms with E-state index in [1.165, 1.54) is 5.56 Å². The summed E-state index contributed by atoms with van der Waals surface area (Å²) in [6.45, 7) is 9.46. The van der Waals surface area contributed by atoms with Crippen LogP contribution in [0.1, 0.15) is 30.8 Å². The Labute approximate surface area is 197 Å². The first-order valence-electron chi connectivity index (χ1n) is 9.83. The van der Waals surface area contributed by atoms with Crippen LogP contribution >= 0.6 is 24.0 Å². The fourth-order valence-corrected chi connectivity index (χ4v) is 4.10. The van der Waals surface area contributed by atoms with E-state index >= 15 is 0 Å². The summed E-state index contributed by atoms with van der Waals surface area (Å²) in [4.78, 5) is 4.74. The minimum atomic E-state index is -3.51. The Morgan fingerprint density at radius 2 is 1.90 bits per heavy atom. The van der Waals surface area contributed by atoms with E-state index in [0.29, 0.717) is 12.5 Å². The molecule has 0 aliphatic rings. The molecule has 1 unspecified atom stereocenters. The van der Waals surface area contributed by atoms with Gasteiger partial charge < -0.3 is 10.6 Å². The number of nitrogens with one attached hydrogen (secondary N) is 3. The van der Waals surface area contributed by atoms with Gasteiger partial charge in [0.2, 0.25) is 10.0 Å². The molecule has 1 aromatic carbocycles. The van der Waals surface area contributed by atoms with Crippen molar-refractivity contribution in [2.75, 3.05) is 19.6 Å². The molecule has 3 N–H and O–H groups in total. The van der Waals surface area contributed by atoms with Crippen LogP contribution in [0.2, 0.25) is 0 Å². The molecule has 0 aliphatic carbocycles. The van der Waals surface area contributed by atoms with E-state index < -0.39 is 10.0 Å². The van der Waals surface area contributed by atoms with Crippen LogP contribution in [0.3, 0.4) is 0 Å². The number of nitrogens with zero attached hydrogens (tertiary/aromatic N) is 3. The lowest BCUT2D eigenvalue weighted by molar-refractivity contribution is 0.581. The molecule has 0 saturated heterocycles. The Morgan fingerprint density at radius 3 is 2.47 bits per heavy atom. The van der Waals surface area contributed by atoms with Crippen LogP contribution in [0.25, 0.3) is 0 Å². The summed E-state index contributed by atoms with van der Waals surface area (Å²) in [7, 11) is -1.56. The monoisotopic (exact) mass is 548 g/mol. The third kappa shape index (κ3) is 7.55. The van der Waals surface area contributed by atoms with Crippen LogP contribution < -0.4 is 15.4 Å². The molecule has 1 heterocycles. The van der Waals surface area contributed by atoms with Gasteiger partial charge in [-0.15, -0.1) is 24.0 Å². The van der Waals surface area contributed by atoms with Gasteiger partial charge in [0, 0.05) is 31.9 Å². The first kappa shape index (κ1) is 26.4. The van der Waals surface area contributed by atoms with Crippen molar-refractivity contribution >= 4 is 40.0 Å². The van der Waals surface area contributed by atoms with Gasteiger partial charge in [-0.05, 0) is 51.8 Å². The second-order valence-corrected chi connectivity index (χ2v) is 8.76. The van der Waals surface area contributed by atoms with Crippen molar-refractivity contribution in [3.8, 4) is 0 Å². The first-order valence-corrected chi connectivity index (χ1v) is 11.3. The number of sulfonamides is 1. The van der Waals surface area contributed by atoms with Crippen molar-refractivity contribution in [1.82, 2.24) is 25.1 Å². The summed E-state index contributed by atoms with van der Waals surface area (Å²) < 4.78 is 29.0. The molecule has 1 aromatic heterocycles. The largest absolute Gasteiger partial charge is 0.357 e. The molecular weight excluding hydrogens is 515 g/mol. The molecule has 2 rings (SSSR count). The smallest absolute Gasteiger partial charge is 0.240 e. The molecule has 168 valence electrons. The quantitative estimate of drug-likeness (QED) is 0.193. The maximum absolute atomic E-state index is 12.3. The lowest BCUT2D eigenvalue weighted by Crippen LogP contribution is -2.43. The number of aliphatic imine (C=N–C) groups is 1. The third-order valence-electron chi connectivity index (χ3n) is 4.62. The predicted octanol–water partition coefficient (Wildman–Crippen LogP) is 2.12. The lowest BCUT2D eigenvalue weighted by Gasteiger charge is -2.18. The molecular formula is C20H33IN6O2S. The number of aryl methyl sites for hydroxylation is 2. The predicted molar refractivity (Wildman–Crippen MR) is 132 cm³/mol. The molecule has 0 fully saturated rings. The Bertz CT molecular complexity index is 928. The summed E-state index contributed by atoms with van der Waals surface area (Å²) in [5, 5.41) is 11.1.